The molecule has 0 fully saturated rings. The Hall–Kier alpha value is -1.00. The number of hydrogen-bond donors (Lipinski definition) is 1. The van der Waals surface area contributed by atoms with Gasteiger partial charge in [0.25, 0.3) is 6.43 Å². The first-order valence-corrected chi connectivity index (χ1v) is 6.52. The van der Waals surface area contributed by atoms with E-state index in [9.17, 15) is 8.78 Å². The molecule has 0 bridgehead atoms. The molecular weight excluding hydrogens is 246 g/mol. The third-order valence-electron chi connectivity index (χ3n) is 2.91. The van der Waals surface area contributed by atoms with Crippen molar-refractivity contribution in [2.75, 3.05) is 27.2 Å². The van der Waals surface area contributed by atoms with Crippen molar-refractivity contribution in [2.45, 2.75) is 26.8 Å². The van der Waals surface area contributed by atoms with Crippen LogP contribution in [0.2, 0.25) is 0 Å². The van der Waals surface area contributed by atoms with Crippen molar-refractivity contribution in [3.8, 4) is 0 Å². The lowest BCUT2D eigenvalue weighted by atomic mass is 9.93. The highest BCUT2D eigenvalue weighted by molar-refractivity contribution is 5.23. The Balaban J connectivity index is 2.40. The quantitative estimate of drug-likeness (QED) is 0.818. The number of halogens is 2. The molecule has 4 heteroatoms. The average molecular weight is 270 g/mol. The van der Waals surface area contributed by atoms with E-state index in [4.69, 9.17) is 0 Å². The summed E-state index contributed by atoms with van der Waals surface area (Å²) in [5.74, 6) is 0. The minimum Gasteiger partial charge on any atom is -0.312 e. The second-order valence-corrected chi connectivity index (χ2v) is 6.05. The molecular formula is C15H24F2N2. The lowest BCUT2D eigenvalue weighted by molar-refractivity contribution is 0.151. The Labute approximate surface area is 114 Å². The Morgan fingerprint density at radius 1 is 1.16 bits per heavy atom. The Morgan fingerprint density at radius 3 is 2.21 bits per heavy atom. The molecule has 0 aromatic heterocycles. The van der Waals surface area contributed by atoms with Gasteiger partial charge >= 0.3 is 0 Å². The van der Waals surface area contributed by atoms with Crippen LogP contribution in [0.5, 0.6) is 0 Å². The van der Waals surface area contributed by atoms with Crippen LogP contribution in [0.15, 0.2) is 24.3 Å². The van der Waals surface area contributed by atoms with Crippen molar-refractivity contribution in [3.63, 3.8) is 0 Å². The third-order valence-corrected chi connectivity index (χ3v) is 2.91. The van der Waals surface area contributed by atoms with Gasteiger partial charge in [-0.2, -0.15) is 0 Å². The predicted molar refractivity (Wildman–Crippen MR) is 75.4 cm³/mol. The van der Waals surface area contributed by atoms with Crippen LogP contribution in [0, 0.1) is 5.41 Å². The summed E-state index contributed by atoms with van der Waals surface area (Å²) in [6.07, 6.45) is -2.39. The summed E-state index contributed by atoms with van der Waals surface area (Å²) in [6, 6.07) is 6.50. The molecule has 2 nitrogen and oxygen atoms in total. The molecule has 0 saturated carbocycles. The van der Waals surface area contributed by atoms with Gasteiger partial charge in [-0.3, -0.25) is 0 Å². The molecule has 1 rings (SSSR count). The molecule has 0 aliphatic carbocycles. The number of nitrogens with zero attached hydrogens (tertiary/aromatic N) is 1. The lowest BCUT2D eigenvalue weighted by Gasteiger charge is -2.28. The molecule has 0 spiro atoms. The average Bonchev–Trinajstić information content (AvgIpc) is 2.27. The maximum absolute atomic E-state index is 12.4. The second-order valence-electron chi connectivity index (χ2n) is 6.05. The minimum atomic E-state index is -2.39. The van der Waals surface area contributed by atoms with Crippen LogP contribution in [-0.4, -0.2) is 32.1 Å². The largest absolute Gasteiger partial charge is 0.312 e. The van der Waals surface area contributed by atoms with Crippen molar-refractivity contribution in [1.29, 1.82) is 0 Å². The van der Waals surface area contributed by atoms with Gasteiger partial charge in [0.05, 0.1) is 0 Å². The molecule has 0 amide bonds. The summed E-state index contributed by atoms with van der Waals surface area (Å²) in [5, 5.41) is 3.38. The van der Waals surface area contributed by atoms with Crippen LogP contribution < -0.4 is 5.32 Å². The minimum absolute atomic E-state index is 0.0803. The molecule has 0 aliphatic heterocycles. The molecule has 0 heterocycles. The van der Waals surface area contributed by atoms with E-state index in [0.717, 1.165) is 18.7 Å². The summed E-state index contributed by atoms with van der Waals surface area (Å²) in [6.45, 7) is 7.02. The lowest BCUT2D eigenvalue weighted by Crippen LogP contribution is -2.37. The Morgan fingerprint density at radius 2 is 1.74 bits per heavy atom. The third kappa shape index (κ3) is 6.12. The van der Waals surface area contributed by atoms with Gasteiger partial charge in [0.15, 0.2) is 0 Å². The highest BCUT2D eigenvalue weighted by atomic mass is 19.3. The zero-order valence-corrected chi connectivity index (χ0v) is 12.2. The summed E-state index contributed by atoms with van der Waals surface area (Å²) in [7, 11) is 4.12. The summed E-state index contributed by atoms with van der Waals surface area (Å²) >= 11 is 0. The fraction of sp³-hybridized carbons (Fsp3) is 0.600. The molecule has 0 saturated heterocycles. The van der Waals surface area contributed by atoms with Gasteiger partial charge in [0, 0.05) is 25.2 Å². The molecule has 0 atom stereocenters. The molecule has 1 aromatic rings. The van der Waals surface area contributed by atoms with Crippen molar-refractivity contribution < 1.29 is 8.78 Å². The van der Waals surface area contributed by atoms with Crippen LogP contribution >= 0.6 is 0 Å². The fourth-order valence-corrected chi connectivity index (χ4v) is 2.24. The Kier molecular flexibility index (Phi) is 5.88. The van der Waals surface area contributed by atoms with E-state index < -0.39 is 6.43 Å². The first-order valence-electron chi connectivity index (χ1n) is 6.52. The molecule has 0 unspecified atom stereocenters. The van der Waals surface area contributed by atoms with Gasteiger partial charge in [0.1, 0.15) is 0 Å². The van der Waals surface area contributed by atoms with E-state index in [1.54, 1.807) is 12.1 Å². The van der Waals surface area contributed by atoms with E-state index >= 15 is 0 Å². The highest BCUT2D eigenvalue weighted by Gasteiger charge is 2.18. The number of rotatable bonds is 7. The first-order chi connectivity index (χ1) is 8.80. The predicted octanol–water partition coefficient (Wildman–Crippen LogP) is 3.30. The van der Waals surface area contributed by atoms with E-state index in [1.165, 1.54) is 12.1 Å². The normalized spacial score (nSPS) is 12.4. The van der Waals surface area contributed by atoms with Gasteiger partial charge in [-0.1, -0.05) is 38.1 Å². The van der Waals surface area contributed by atoms with Crippen LogP contribution in [0.25, 0.3) is 0 Å². The number of nitrogens with one attached hydrogen (secondary N) is 1. The van der Waals surface area contributed by atoms with Crippen molar-refractivity contribution in [3.05, 3.63) is 35.4 Å². The van der Waals surface area contributed by atoms with Crippen LogP contribution in [0.4, 0.5) is 8.78 Å². The number of benzene rings is 1. The SMILES string of the molecule is CN(C)CC(C)(C)CNCc1ccc(C(F)F)cc1. The van der Waals surface area contributed by atoms with Crippen LogP contribution in [0.1, 0.15) is 31.4 Å². The van der Waals surface area contributed by atoms with E-state index in [2.05, 4.69) is 38.2 Å². The maximum Gasteiger partial charge on any atom is 0.263 e. The van der Waals surface area contributed by atoms with Gasteiger partial charge in [0.2, 0.25) is 0 Å². The summed E-state index contributed by atoms with van der Waals surface area (Å²) < 4.78 is 24.8. The summed E-state index contributed by atoms with van der Waals surface area (Å²) in [5.41, 5.74) is 1.30. The molecule has 1 aromatic carbocycles. The van der Waals surface area contributed by atoms with Gasteiger partial charge in [-0.25, -0.2) is 8.78 Å². The van der Waals surface area contributed by atoms with Crippen LogP contribution in [-0.2, 0) is 6.54 Å². The zero-order valence-electron chi connectivity index (χ0n) is 12.2. The van der Waals surface area contributed by atoms with E-state index in [1.807, 2.05) is 0 Å². The highest BCUT2D eigenvalue weighted by Crippen LogP contribution is 2.19. The molecule has 108 valence electrons. The Bertz CT molecular complexity index is 372. The van der Waals surface area contributed by atoms with Crippen LogP contribution in [0.3, 0.4) is 0 Å². The van der Waals surface area contributed by atoms with Crippen molar-refractivity contribution in [1.82, 2.24) is 10.2 Å². The standard InChI is InChI=1S/C15H24F2N2/c1-15(2,11-19(3)4)10-18-9-12-5-7-13(8-6-12)14(16)17/h5-8,14,18H,9-11H2,1-4H3. The van der Waals surface area contributed by atoms with E-state index in [0.29, 0.717) is 6.54 Å². The smallest absolute Gasteiger partial charge is 0.263 e. The van der Waals surface area contributed by atoms with Gasteiger partial charge in [-0.15, -0.1) is 0 Å². The van der Waals surface area contributed by atoms with Crippen molar-refractivity contribution in [2.24, 2.45) is 5.41 Å². The van der Waals surface area contributed by atoms with Gasteiger partial charge < -0.3 is 10.2 Å². The second kappa shape index (κ2) is 6.96. The molecule has 0 radical (unpaired) electrons. The maximum atomic E-state index is 12.4. The number of hydrogen-bond acceptors (Lipinski definition) is 2. The fourth-order valence-electron chi connectivity index (χ4n) is 2.24. The molecule has 1 N–H and O–H groups in total. The zero-order chi connectivity index (χ0) is 14.5. The molecule has 0 aliphatic rings. The molecule has 19 heavy (non-hydrogen) atoms. The summed E-state index contributed by atoms with van der Waals surface area (Å²) in [4.78, 5) is 2.17. The topological polar surface area (TPSA) is 15.3 Å². The van der Waals surface area contributed by atoms with Gasteiger partial charge in [-0.05, 0) is 25.1 Å². The monoisotopic (exact) mass is 270 g/mol. The number of alkyl halides is 2. The van der Waals surface area contributed by atoms with Crippen molar-refractivity contribution >= 4 is 0 Å². The first kappa shape index (κ1) is 16.1. The van der Waals surface area contributed by atoms with E-state index in [-0.39, 0.29) is 11.0 Å².